The summed E-state index contributed by atoms with van der Waals surface area (Å²) in [5, 5.41) is 0. The lowest BCUT2D eigenvalue weighted by Gasteiger charge is -2.18. The molecule has 0 amide bonds. The Morgan fingerprint density at radius 2 is 2.00 bits per heavy atom. The molecule has 13 heavy (non-hydrogen) atoms. The average Bonchev–Trinajstić information content (AvgIpc) is 2.02. The highest BCUT2D eigenvalue weighted by molar-refractivity contribution is 5.28. The number of benzene rings is 1. The smallest absolute Gasteiger partial charge is 0.145 e. The summed E-state index contributed by atoms with van der Waals surface area (Å²) in [6.07, 6.45) is 0. The van der Waals surface area contributed by atoms with E-state index >= 15 is 0 Å². The van der Waals surface area contributed by atoms with E-state index in [2.05, 4.69) is 0 Å². The van der Waals surface area contributed by atoms with Crippen molar-refractivity contribution >= 4 is 0 Å². The highest BCUT2D eigenvalue weighted by atomic mass is 19.1. The predicted octanol–water partition coefficient (Wildman–Crippen LogP) is 2.28. The molecule has 1 atom stereocenters. The van der Waals surface area contributed by atoms with Crippen molar-refractivity contribution in [2.45, 2.75) is 19.5 Å². The predicted molar refractivity (Wildman–Crippen MR) is 48.7 cm³/mol. The first kappa shape index (κ1) is 10.1. The minimum atomic E-state index is -1.65. The molecule has 0 radical (unpaired) electrons. The maximum atomic E-state index is 13.6. The normalized spacial score (nSPS) is 15.5. The van der Waals surface area contributed by atoms with Gasteiger partial charge in [0.1, 0.15) is 11.5 Å². The van der Waals surface area contributed by atoms with E-state index in [-0.39, 0.29) is 6.54 Å². The second-order valence-corrected chi connectivity index (χ2v) is 3.42. The standard InChI is InChI=1S/C10H13F2N/c1-7-3-8(5-9(11)4-7)10(2,12)6-13/h3-5H,6,13H2,1-2H3. The van der Waals surface area contributed by atoms with Crippen LogP contribution in [-0.4, -0.2) is 6.54 Å². The Balaban J connectivity index is 3.15. The van der Waals surface area contributed by atoms with Gasteiger partial charge in [0, 0.05) is 6.54 Å². The van der Waals surface area contributed by atoms with Crippen molar-refractivity contribution in [1.29, 1.82) is 0 Å². The third-order valence-electron chi connectivity index (χ3n) is 2.03. The lowest BCUT2D eigenvalue weighted by molar-refractivity contribution is 0.202. The molecule has 1 unspecified atom stereocenters. The summed E-state index contributed by atoms with van der Waals surface area (Å²) >= 11 is 0. The van der Waals surface area contributed by atoms with E-state index in [0.717, 1.165) is 0 Å². The van der Waals surface area contributed by atoms with Crippen molar-refractivity contribution in [1.82, 2.24) is 0 Å². The summed E-state index contributed by atoms with van der Waals surface area (Å²) in [5.41, 5.74) is 4.59. The Kier molecular flexibility index (Phi) is 2.66. The zero-order valence-corrected chi connectivity index (χ0v) is 7.77. The van der Waals surface area contributed by atoms with Gasteiger partial charge in [-0.05, 0) is 37.1 Å². The number of halogens is 2. The highest BCUT2D eigenvalue weighted by Gasteiger charge is 2.24. The van der Waals surface area contributed by atoms with Crippen LogP contribution in [0.15, 0.2) is 18.2 Å². The van der Waals surface area contributed by atoms with Crippen LogP contribution >= 0.6 is 0 Å². The molecule has 0 saturated heterocycles. The van der Waals surface area contributed by atoms with Crippen molar-refractivity contribution in [2.75, 3.05) is 6.54 Å². The van der Waals surface area contributed by atoms with Gasteiger partial charge >= 0.3 is 0 Å². The minimum Gasteiger partial charge on any atom is -0.327 e. The van der Waals surface area contributed by atoms with Crippen LogP contribution in [0.3, 0.4) is 0 Å². The molecule has 0 aliphatic rings. The molecule has 0 spiro atoms. The van der Waals surface area contributed by atoms with Crippen LogP contribution in [0.25, 0.3) is 0 Å². The molecule has 2 N–H and O–H groups in total. The van der Waals surface area contributed by atoms with E-state index in [1.54, 1.807) is 13.0 Å². The van der Waals surface area contributed by atoms with E-state index < -0.39 is 11.5 Å². The Morgan fingerprint density at radius 1 is 1.38 bits per heavy atom. The zero-order valence-electron chi connectivity index (χ0n) is 7.77. The Bertz CT molecular complexity index is 288. The fourth-order valence-corrected chi connectivity index (χ4v) is 1.16. The number of rotatable bonds is 2. The maximum Gasteiger partial charge on any atom is 0.145 e. The van der Waals surface area contributed by atoms with Gasteiger partial charge in [0.2, 0.25) is 0 Å². The summed E-state index contributed by atoms with van der Waals surface area (Å²) in [6.45, 7) is 2.93. The first-order chi connectivity index (χ1) is 5.95. The number of hydrogen-bond donors (Lipinski definition) is 1. The minimum absolute atomic E-state index is 0.143. The van der Waals surface area contributed by atoms with Gasteiger partial charge < -0.3 is 5.73 Å². The van der Waals surface area contributed by atoms with Crippen LogP contribution in [0.1, 0.15) is 18.1 Å². The highest BCUT2D eigenvalue weighted by Crippen LogP contribution is 2.25. The summed E-state index contributed by atoms with van der Waals surface area (Å²) in [6, 6.07) is 4.14. The molecule has 1 aromatic carbocycles. The second kappa shape index (κ2) is 3.42. The number of alkyl halides is 1. The van der Waals surface area contributed by atoms with Crippen molar-refractivity contribution < 1.29 is 8.78 Å². The maximum absolute atomic E-state index is 13.6. The Labute approximate surface area is 76.6 Å². The average molecular weight is 185 g/mol. The van der Waals surface area contributed by atoms with E-state index in [1.165, 1.54) is 19.1 Å². The molecule has 0 fully saturated rings. The Morgan fingerprint density at radius 3 is 2.46 bits per heavy atom. The van der Waals surface area contributed by atoms with Crippen LogP contribution in [0.5, 0.6) is 0 Å². The van der Waals surface area contributed by atoms with Gasteiger partial charge in [-0.25, -0.2) is 8.78 Å². The van der Waals surface area contributed by atoms with Gasteiger partial charge in [-0.1, -0.05) is 6.07 Å². The summed E-state index contributed by atoms with van der Waals surface area (Å²) in [5.74, 6) is -0.424. The van der Waals surface area contributed by atoms with Crippen molar-refractivity contribution in [3.63, 3.8) is 0 Å². The molecule has 0 aliphatic carbocycles. The van der Waals surface area contributed by atoms with Gasteiger partial charge in [0.15, 0.2) is 0 Å². The molecule has 1 nitrogen and oxygen atoms in total. The van der Waals surface area contributed by atoms with E-state index in [4.69, 9.17) is 5.73 Å². The molecular weight excluding hydrogens is 172 g/mol. The second-order valence-electron chi connectivity index (χ2n) is 3.42. The zero-order chi connectivity index (χ0) is 10.1. The third-order valence-corrected chi connectivity index (χ3v) is 2.03. The number of nitrogens with two attached hydrogens (primary N) is 1. The first-order valence-corrected chi connectivity index (χ1v) is 4.12. The summed E-state index contributed by atoms with van der Waals surface area (Å²) in [4.78, 5) is 0. The Hall–Kier alpha value is -0.960. The molecule has 72 valence electrons. The lowest BCUT2D eigenvalue weighted by atomic mass is 9.96. The lowest BCUT2D eigenvalue weighted by Crippen LogP contribution is -2.26. The largest absolute Gasteiger partial charge is 0.327 e. The van der Waals surface area contributed by atoms with E-state index in [0.29, 0.717) is 11.1 Å². The van der Waals surface area contributed by atoms with Crippen molar-refractivity contribution in [3.05, 3.63) is 35.1 Å². The molecule has 0 aliphatic heterocycles. The number of aryl methyl sites for hydroxylation is 1. The topological polar surface area (TPSA) is 26.0 Å². The molecule has 0 bridgehead atoms. The van der Waals surface area contributed by atoms with Crippen LogP contribution in [0, 0.1) is 12.7 Å². The summed E-state index contributed by atoms with van der Waals surface area (Å²) < 4.78 is 26.5. The molecule has 0 saturated carbocycles. The van der Waals surface area contributed by atoms with E-state index in [1.807, 2.05) is 0 Å². The third kappa shape index (κ3) is 2.25. The van der Waals surface area contributed by atoms with Crippen molar-refractivity contribution in [3.8, 4) is 0 Å². The number of hydrogen-bond acceptors (Lipinski definition) is 1. The quantitative estimate of drug-likeness (QED) is 0.751. The van der Waals surface area contributed by atoms with Crippen LogP contribution in [0.4, 0.5) is 8.78 Å². The van der Waals surface area contributed by atoms with E-state index in [9.17, 15) is 8.78 Å². The fourth-order valence-electron chi connectivity index (χ4n) is 1.16. The molecule has 3 heteroatoms. The molecule has 0 aromatic heterocycles. The molecule has 0 heterocycles. The van der Waals surface area contributed by atoms with Gasteiger partial charge in [-0.3, -0.25) is 0 Å². The SMILES string of the molecule is Cc1cc(F)cc(C(C)(F)CN)c1. The van der Waals surface area contributed by atoms with Crippen LogP contribution in [-0.2, 0) is 5.67 Å². The van der Waals surface area contributed by atoms with Gasteiger partial charge in [0.05, 0.1) is 0 Å². The van der Waals surface area contributed by atoms with Crippen LogP contribution < -0.4 is 5.73 Å². The first-order valence-electron chi connectivity index (χ1n) is 4.12. The van der Waals surface area contributed by atoms with Gasteiger partial charge in [-0.15, -0.1) is 0 Å². The van der Waals surface area contributed by atoms with Gasteiger partial charge in [0.25, 0.3) is 0 Å². The van der Waals surface area contributed by atoms with Crippen molar-refractivity contribution in [2.24, 2.45) is 5.73 Å². The van der Waals surface area contributed by atoms with Crippen LogP contribution in [0.2, 0.25) is 0 Å². The monoisotopic (exact) mass is 185 g/mol. The molecular formula is C10H13F2N. The molecule has 1 aromatic rings. The molecule has 1 rings (SSSR count). The van der Waals surface area contributed by atoms with Gasteiger partial charge in [-0.2, -0.15) is 0 Å². The fraction of sp³-hybridized carbons (Fsp3) is 0.400. The summed E-state index contributed by atoms with van der Waals surface area (Å²) in [7, 11) is 0.